The van der Waals surface area contributed by atoms with Crippen molar-refractivity contribution in [2.45, 2.75) is 51.5 Å². The highest BCUT2D eigenvalue weighted by Gasteiger charge is 2.48. The second-order valence-electron chi connectivity index (χ2n) is 7.90. The summed E-state index contributed by atoms with van der Waals surface area (Å²) in [6.45, 7) is 5.10. The van der Waals surface area contributed by atoms with E-state index in [1.807, 2.05) is 35.2 Å². The Morgan fingerprint density at radius 1 is 1.27 bits per heavy atom. The summed E-state index contributed by atoms with van der Waals surface area (Å²) >= 11 is 0. The lowest BCUT2D eigenvalue weighted by atomic mass is 9.63. The lowest BCUT2D eigenvalue weighted by molar-refractivity contribution is -0.153. The third-order valence-corrected chi connectivity index (χ3v) is 5.81. The first-order chi connectivity index (χ1) is 12.5. The summed E-state index contributed by atoms with van der Waals surface area (Å²) < 4.78 is 5.21. The van der Waals surface area contributed by atoms with Gasteiger partial charge in [0.05, 0.1) is 7.11 Å². The zero-order chi connectivity index (χ0) is 18.6. The Balaban J connectivity index is 1.72. The molecule has 1 amide bonds. The van der Waals surface area contributed by atoms with Gasteiger partial charge in [0.2, 0.25) is 5.91 Å². The third-order valence-electron chi connectivity index (χ3n) is 5.81. The second kappa shape index (κ2) is 8.07. The molecule has 2 atom stereocenters. The van der Waals surface area contributed by atoms with Crippen LogP contribution in [0.4, 0.5) is 0 Å². The van der Waals surface area contributed by atoms with Crippen LogP contribution in [0.25, 0.3) is 0 Å². The Kier molecular flexibility index (Phi) is 5.80. The van der Waals surface area contributed by atoms with Crippen molar-refractivity contribution in [3.8, 4) is 5.75 Å². The molecule has 2 fully saturated rings. The van der Waals surface area contributed by atoms with E-state index in [0.717, 1.165) is 43.4 Å². The fourth-order valence-corrected chi connectivity index (χ4v) is 4.61. The number of hydrogen-bond acceptors (Lipinski definition) is 3. The van der Waals surface area contributed by atoms with E-state index in [0.29, 0.717) is 25.9 Å². The molecule has 1 heterocycles. The number of rotatable bonds is 8. The van der Waals surface area contributed by atoms with Crippen LogP contribution in [0.15, 0.2) is 36.9 Å². The number of carbonyl (C=O) groups excluding carboxylic acids is 2. The topological polar surface area (TPSA) is 46.6 Å². The lowest BCUT2D eigenvalue weighted by Gasteiger charge is -2.49. The summed E-state index contributed by atoms with van der Waals surface area (Å²) in [7, 11) is 1.65. The average molecular weight is 355 g/mol. The van der Waals surface area contributed by atoms with Gasteiger partial charge in [0.15, 0.2) is 0 Å². The van der Waals surface area contributed by atoms with Crippen molar-refractivity contribution in [3.05, 3.63) is 42.5 Å². The molecule has 0 unspecified atom stereocenters. The number of ether oxygens (including phenoxy) is 1. The van der Waals surface area contributed by atoms with Crippen LogP contribution in [-0.4, -0.2) is 30.2 Å². The molecule has 3 rings (SSSR count). The van der Waals surface area contributed by atoms with Gasteiger partial charge in [-0.15, -0.1) is 6.58 Å². The molecular formula is C22H29NO3. The number of ketones is 1. The van der Waals surface area contributed by atoms with Gasteiger partial charge < -0.3 is 9.64 Å². The number of unbranched alkanes of at least 4 members (excludes halogenated alkanes) is 2. The van der Waals surface area contributed by atoms with Gasteiger partial charge in [-0.1, -0.05) is 24.6 Å². The summed E-state index contributed by atoms with van der Waals surface area (Å²) in [5.74, 6) is 1.11. The number of likely N-dealkylation sites (tertiary alicyclic amines) is 1. The molecular weight excluding hydrogens is 326 g/mol. The number of nitrogens with zero attached hydrogens (tertiary/aromatic N) is 1. The minimum Gasteiger partial charge on any atom is -0.497 e. The molecule has 1 saturated heterocycles. The van der Waals surface area contributed by atoms with Crippen molar-refractivity contribution >= 4 is 11.7 Å². The van der Waals surface area contributed by atoms with E-state index in [1.165, 1.54) is 0 Å². The summed E-state index contributed by atoms with van der Waals surface area (Å²) in [6.07, 6.45) is 8.12. The van der Waals surface area contributed by atoms with Gasteiger partial charge >= 0.3 is 0 Å². The Morgan fingerprint density at radius 3 is 2.73 bits per heavy atom. The number of benzene rings is 1. The highest BCUT2D eigenvalue weighted by Crippen LogP contribution is 2.46. The van der Waals surface area contributed by atoms with Crippen LogP contribution in [0.1, 0.15) is 50.5 Å². The van der Waals surface area contributed by atoms with Crippen molar-refractivity contribution in [1.82, 2.24) is 4.90 Å². The number of carbonyl (C=O) groups is 2. The predicted molar refractivity (Wildman–Crippen MR) is 102 cm³/mol. The first-order valence-electron chi connectivity index (χ1n) is 9.59. The van der Waals surface area contributed by atoms with Crippen molar-refractivity contribution in [1.29, 1.82) is 0 Å². The highest BCUT2D eigenvalue weighted by molar-refractivity contribution is 5.90. The first kappa shape index (κ1) is 18.7. The smallest absolute Gasteiger partial charge is 0.226 e. The Bertz CT molecular complexity index is 666. The van der Waals surface area contributed by atoms with E-state index < -0.39 is 0 Å². The molecule has 2 aliphatic rings. The number of hydrogen-bond donors (Lipinski definition) is 0. The quantitative estimate of drug-likeness (QED) is 0.520. The maximum absolute atomic E-state index is 12.9. The number of amides is 1. The number of allylic oxidation sites excluding steroid dienone is 1. The molecule has 2 bridgehead atoms. The van der Waals surface area contributed by atoms with Crippen molar-refractivity contribution in [3.63, 3.8) is 0 Å². The van der Waals surface area contributed by atoms with E-state index in [1.54, 1.807) is 7.11 Å². The molecule has 140 valence electrons. The summed E-state index contributed by atoms with van der Waals surface area (Å²) in [5, 5.41) is 0. The van der Waals surface area contributed by atoms with Gasteiger partial charge in [0, 0.05) is 31.8 Å². The molecule has 4 heteroatoms. The highest BCUT2D eigenvalue weighted by atomic mass is 16.5. The minimum atomic E-state index is -0.123. The van der Waals surface area contributed by atoms with E-state index in [-0.39, 0.29) is 23.0 Å². The molecule has 26 heavy (non-hydrogen) atoms. The molecule has 1 aromatic carbocycles. The van der Waals surface area contributed by atoms with Crippen LogP contribution in [0, 0.1) is 11.3 Å². The standard InChI is InChI=1S/C22H29NO3/c1-3-4-5-6-11-22-13-18(12-19(24)14-22)21(25)23(16-22)15-17-7-9-20(26-2)10-8-17/h3,7-10,18H,1,4-6,11-16H2,2H3/t18-,22-/m0/s1. The number of fused-ring (bicyclic) bond motifs is 2. The van der Waals surface area contributed by atoms with Gasteiger partial charge in [-0.25, -0.2) is 0 Å². The van der Waals surface area contributed by atoms with E-state index in [9.17, 15) is 9.59 Å². The monoisotopic (exact) mass is 355 g/mol. The fraction of sp³-hybridized carbons (Fsp3) is 0.545. The molecule has 1 aromatic rings. The van der Waals surface area contributed by atoms with Crippen LogP contribution < -0.4 is 4.74 Å². The van der Waals surface area contributed by atoms with Gasteiger partial charge in [-0.2, -0.15) is 0 Å². The van der Waals surface area contributed by atoms with Crippen LogP contribution in [0.3, 0.4) is 0 Å². The SMILES string of the molecule is C=CCCCC[C@@]12CC(=O)C[C@@H](C1)C(=O)N(Cc1ccc(OC)cc1)C2. The molecule has 4 nitrogen and oxygen atoms in total. The largest absolute Gasteiger partial charge is 0.497 e. The normalized spacial score (nSPS) is 25.3. The maximum Gasteiger partial charge on any atom is 0.226 e. The molecule has 0 radical (unpaired) electrons. The Hall–Kier alpha value is -2.10. The Labute approximate surface area is 156 Å². The maximum atomic E-state index is 12.9. The van der Waals surface area contributed by atoms with Gasteiger partial charge in [-0.3, -0.25) is 9.59 Å². The lowest BCUT2D eigenvalue weighted by Crippen LogP contribution is -2.54. The number of methoxy groups -OCH3 is 1. The molecule has 0 spiro atoms. The molecule has 1 aliphatic carbocycles. The molecule has 1 aliphatic heterocycles. The van der Waals surface area contributed by atoms with Crippen LogP contribution in [0.5, 0.6) is 5.75 Å². The van der Waals surface area contributed by atoms with E-state index >= 15 is 0 Å². The Morgan fingerprint density at radius 2 is 2.04 bits per heavy atom. The van der Waals surface area contributed by atoms with Crippen molar-refractivity contribution in [2.24, 2.45) is 11.3 Å². The summed E-state index contributed by atoms with van der Waals surface area (Å²) in [6, 6.07) is 7.88. The van der Waals surface area contributed by atoms with E-state index in [4.69, 9.17) is 4.74 Å². The zero-order valence-corrected chi connectivity index (χ0v) is 15.7. The average Bonchev–Trinajstić information content (AvgIpc) is 2.63. The number of piperidine rings is 1. The summed E-state index contributed by atoms with van der Waals surface area (Å²) in [4.78, 5) is 27.1. The van der Waals surface area contributed by atoms with Crippen molar-refractivity contribution < 1.29 is 14.3 Å². The second-order valence-corrected chi connectivity index (χ2v) is 7.90. The fourth-order valence-electron chi connectivity index (χ4n) is 4.61. The number of Topliss-reactive ketones (excluding diaryl/α,β-unsaturated/α-hetero) is 1. The summed E-state index contributed by atoms with van der Waals surface area (Å²) in [5.41, 5.74) is 1.08. The van der Waals surface area contributed by atoms with Crippen LogP contribution in [-0.2, 0) is 16.1 Å². The predicted octanol–water partition coefficient (Wildman–Crippen LogP) is 4.14. The molecule has 0 aromatic heterocycles. The third kappa shape index (κ3) is 4.17. The molecule has 0 N–H and O–H groups in total. The minimum absolute atomic E-state index is 0.0262. The van der Waals surface area contributed by atoms with Crippen molar-refractivity contribution in [2.75, 3.05) is 13.7 Å². The van der Waals surface area contributed by atoms with Gasteiger partial charge in [0.25, 0.3) is 0 Å². The van der Waals surface area contributed by atoms with Crippen LogP contribution in [0.2, 0.25) is 0 Å². The zero-order valence-electron chi connectivity index (χ0n) is 15.7. The first-order valence-corrected chi connectivity index (χ1v) is 9.59. The van der Waals surface area contributed by atoms with Crippen LogP contribution >= 0.6 is 0 Å². The van der Waals surface area contributed by atoms with E-state index in [2.05, 4.69) is 6.58 Å². The van der Waals surface area contributed by atoms with Gasteiger partial charge in [-0.05, 0) is 48.8 Å². The molecule has 1 saturated carbocycles. The van der Waals surface area contributed by atoms with Gasteiger partial charge in [0.1, 0.15) is 11.5 Å².